The van der Waals surface area contributed by atoms with Gasteiger partial charge in [0.2, 0.25) is 5.91 Å². The van der Waals surface area contributed by atoms with Gasteiger partial charge in [0.25, 0.3) is 5.91 Å². The molecule has 0 spiro atoms. The number of hydrogen-bond donors (Lipinski definition) is 0. The van der Waals surface area contributed by atoms with Crippen LogP contribution in [-0.4, -0.2) is 54.4 Å². The molecule has 0 bridgehead atoms. The number of halogens is 2. The molecular weight excluding hydrogens is 413 g/mol. The number of amides is 2. The summed E-state index contributed by atoms with van der Waals surface area (Å²) < 4.78 is 5.38. The largest absolute Gasteiger partial charge is 0.496 e. The van der Waals surface area contributed by atoms with Gasteiger partial charge in [0.15, 0.2) is 0 Å². The Morgan fingerprint density at radius 1 is 1.17 bits per heavy atom. The van der Waals surface area contributed by atoms with Gasteiger partial charge >= 0.3 is 0 Å². The van der Waals surface area contributed by atoms with Gasteiger partial charge in [-0.25, -0.2) is 0 Å². The third kappa shape index (κ3) is 4.31. The van der Waals surface area contributed by atoms with Crippen molar-refractivity contribution in [3.63, 3.8) is 0 Å². The van der Waals surface area contributed by atoms with Gasteiger partial charge in [-0.2, -0.15) is 5.26 Å². The van der Waals surface area contributed by atoms with Gasteiger partial charge in [-0.3, -0.25) is 9.59 Å². The SMILES string of the molecule is COc1cc(Cl)c(-c2ccc(Cl)cc2)cc1C(=O)N1CCN(C(C)=O)C(C#N)C1. The van der Waals surface area contributed by atoms with E-state index in [-0.39, 0.29) is 18.4 Å². The van der Waals surface area contributed by atoms with Crippen molar-refractivity contribution in [3.8, 4) is 22.9 Å². The number of rotatable bonds is 3. The number of nitriles is 1. The number of methoxy groups -OCH3 is 1. The molecule has 2 aromatic rings. The smallest absolute Gasteiger partial charge is 0.257 e. The number of ether oxygens (including phenoxy) is 1. The molecule has 0 radical (unpaired) electrons. The molecule has 6 nitrogen and oxygen atoms in total. The first-order valence-corrected chi connectivity index (χ1v) is 9.71. The number of carbonyl (C=O) groups is 2. The minimum atomic E-state index is -0.681. The van der Waals surface area contributed by atoms with E-state index in [0.717, 1.165) is 5.56 Å². The molecule has 8 heteroatoms. The molecule has 1 saturated heterocycles. The van der Waals surface area contributed by atoms with E-state index in [2.05, 4.69) is 6.07 Å². The molecule has 0 aromatic heterocycles. The minimum Gasteiger partial charge on any atom is -0.496 e. The zero-order valence-corrected chi connectivity index (χ0v) is 17.5. The normalized spacial score (nSPS) is 16.3. The first-order chi connectivity index (χ1) is 13.8. The van der Waals surface area contributed by atoms with Crippen LogP contribution in [0, 0.1) is 11.3 Å². The molecule has 1 aliphatic heterocycles. The lowest BCUT2D eigenvalue weighted by Gasteiger charge is -2.38. The number of hydrogen-bond acceptors (Lipinski definition) is 4. The monoisotopic (exact) mass is 431 g/mol. The van der Waals surface area contributed by atoms with Crippen molar-refractivity contribution in [2.45, 2.75) is 13.0 Å². The van der Waals surface area contributed by atoms with Crippen molar-refractivity contribution in [1.82, 2.24) is 9.80 Å². The summed E-state index contributed by atoms with van der Waals surface area (Å²) in [6.45, 7) is 2.19. The van der Waals surface area contributed by atoms with E-state index in [1.807, 2.05) is 12.1 Å². The molecule has 1 fully saturated rings. The Morgan fingerprint density at radius 2 is 1.86 bits per heavy atom. The van der Waals surface area contributed by atoms with Gasteiger partial charge in [-0.05, 0) is 23.8 Å². The van der Waals surface area contributed by atoms with E-state index in [1.165, 1.54) is 18.9 Å². The fraction of sp³-hybridized carbons (Fsp3) is 0.286. The summed E-state index contributed by atoms with van der Waals surface area (Å²) in [4.78, 5) is 28.0. The second kappa shape index (κ2) is 8.73. The molecule has 1 unspecified atom stereocenters. The Labute approximate surface area is 179 Å². The van der Waals surface area contributed by atoms with Crippen molar-refractivity contribution in [2.75, 3.05) is 26.7 Å². The van der Waals surface area contributed by atoms with Crippen LogP contribution in [0.2, 0.25) is 10.0 Å². The van der Waals surface area contributed by atoms with Crippen molar-refractivity contribution in [3.05, 3.63) is 52.0 Å². The van der Waals surface area contributed by atoms with Crippen molar-refractivity contribution in [1.29, 1.82) is 5.26 Å². The summed E-state index contributed by atoms with van der Waals surface area (Å²) in [7, 11) is 1.47. The van der Waals surface area contributed by atoms with Crippen LogP contribution >= 0.6 is 23.2 Å². The van der Waals surface area contributed by atoms with E-state index in [9.17, 15) is 14.9 Å². The average Bonchev–Trinajstić information content (AvgIpc) is 2.73. The quantitative estimate of drug-likeness (QED) is 0.738. The van der Waals surface area contributed by atoms with Crippen LogP contribution in [0.15, 0.2) is 36.4 Å². The molecule has 0 N–H and O–H groups in total. The second-order valence-electron chi connectivity index (χ2n) is 6.65. The number of benzene rings is 2. The maximum absolute atomic E-state index is 13.2. The summed E-state index contributed by atoms with van der Waals surface area (Å²) in [5, 5.41) is 10.4. The fourth-order valence-corrected chi connectivity index (χ4v) is 3.76. The molecule has 3 rings (SSSR count). The third-order valence-electron chi connectivity index (χ3n) is 4.90. The first kappa shape index (κ1) is 21.0. The highest BCUT2D eigenvalue weighted by molar-refractivity contribution is 6.34. The summed E-state index contributed by atoms with van der Waals surface area (Å²) in [5.41, 5.74) is 1.83. The molecule has 2 amide bonds. The van der Waals surface area contributed by atoms with Gasteiger partial charge in [-0.15, -0.1) is 0 Å². The Kier molecular flexibility index (Phi) is 6.31. The predicted molar refractivity (Wildman–Crippen MR) is 111 cm³/mol. The predicted octanol–water partition coefficient (Wildman–Crippen LogP) is 3.87. The van der Waals surface area contributed by atoms with Crippen molar-refractivity contribution < 1.29 is 14.3 Å². The van der Waals surface area contributed by atoms with Gasteiger partial charge < -0.3 is 14.5 Å². The summed E-state index contributed by atoms with van der Waals surface area (Å²) in [6.07, 6.45) is 0. The number of carbonyl (C=O) groups excluding carboxylic acids is 2. The lowest BCUT2D eigenvalue weighted by atomic mass is 10.0. The Hall–Kier alpha value is -2.75. The fourth-order valence-electron chi connectivity index (χ4n) is 3.37. The average molecular weight is 432 g/mol. The van der Waals surface area contributed by atoms with Crippen LogP contribution in [0.3, 0.4) is 0 Å². The van der Waals surface area contributed by atoms with Gasteiger partial charge in [-0.1, -0.05) is 35.3 Å². The molecule has 2 aromatic carbocycles. The zero-order valence-electron chi connectivity index (χ0n) is 16.0. The lowest BCUT2D eigenvalue weighted by Crippen LogP contribution is -2.55. The molecule has 1 aliphatic rings. The molecule has 150 valence electrons. The summed E-state index contributed by atoms with van der Waals surface area (Å²) in [5.74, 6) is -0.116. The Bertz CT molecular complexity index is 986. The number of piperazine rings is 1. The molecule has 1 heterocycles. The topological polar surface area (TPSA) is 73.6 Å². The van der Waals surface area contributed by atoms with Crippen molar-refractivity contribution >= 4 is 35.0 Å². The summed E-state index contributed by atoms with van der Waals surface area (Å²) >= 11 is 12.4. The third-order valence-corrected chi connectivity index (χ3v) is 5.46. The highest BCUT2D eigenvalue weighted by Crippen LogP contribution is 2.35. The van der Waals surface area contributed by atoms with E-state index in [0.29, 0.717) is 40.0 Å². The van der Waals surface area contributed by atoms with Crippen LogP contribution < -0.4 is 4.74 Å². The Balaban J connectivity index is 1.96. The second-order valence-corrected chi connectivity index (χ2v) is 7.49. The Morgan fingerprint density at radius 3 is 2.45 bits per heavy atom. The maximum atomic E-state index is 13.2. The van der Waals surface area contributed by atoms with Crippen LogP contribution in [0.4, 0.5) is 0 Å². The van der Waals surface area contributed by atoms with E-state index < -0.39 is 6.04 Å². The first-order valence-electron chi connectivity index (χ1n) is 8.95. The van der Waals surface area contributed by atoms with Crippen LogP contribution in [-0.2, 0) is 4.79 Å². The highest BCUT2D eigenvalue weighted by Gasteiger charge is 2.32. The van der Waals surface area contributed by atoms with Gasteiger partial charge in [0, 0.05) is 36.7 Å². The maximum Gasteiger partial charge on any atom is 0.257 e. The number of nitrogens with zero attached hydrogens (tertiary/aromatic N) is 3. The molecule has 0 saturated carbocycles. The zero-order chi connectivity index (χ0) is 21.1. The van der Waals surface area contributed by atoms with Crippen LogP contribution in [0.5, 0.6) is 5.75 Å². The van der Waals surface area contributed by atoms with Crippen molar-refractivity contribution in [2.24, 2.45) is 0 Å². The van der Waals surface area contributed by atoms with Crippen LogP contribution in [0.25, 0.3) is 11.1 Å². The minimum absolute atomic E-state index is 0.136. The van der Waals surface area contributed by atoms with E-state index in [4.69, 9.17) is 27.9 Å². The highest BCUT2D eigenvalue weighted by atomic mass is 35.5. The van der Waals surface area contributed by atoms with Gasteiger partial charge in [0.05, 0.1) is 30.3 Å². The molecular formula is C21H19Cl2N3O3. The molecule has 0 aliphatic carbocycles. The van der Waals surface area contributed by atoms with Gasteiger partial charge in [0.1, 0.15) is 11.8 Å². The molecule has 29 heavy (non-hydrogen) atoms. The van der Waals surface area contributed by atoms with Crippen LogP contribution in [0.1, 0.15) is 17.3 Å². The lowest BCUT2D eigenvalue weighted by molar-refractivity contribution is -0.131. The summed E-state index contributed by atoms with van der Waals surface area (Å²) in [6, 6.07) is 11.8. The standard InChI is InChI=1S/C21H19Cl2N3O3/c1-13(27)26-8-7-25(12-16(26)11-24)21(28)18-9-17(19(23)10-20(18)29-2)14-3-5-15(22)6-4-14/h3-6,9-10,16H,7-8,12H2,1-2H3. The van der Waals surface area contributed by atoms with E-state index >= 15 is 0 Å². The van der Waals surface area contributed by atoms with E-state index in [1.54, 1.807) is 29.2 Å². The molecule has 1 atom stereocenters.